The van der Waals surface area contributed by atoms with Crippen molar-refractivity contribution >= 4 is 22.6 Å². The van der Waals surface area contributed by atoms with E-state index in [0.29, 0.717) is 28.2 Å². The molecule has 3 heterocycles. The second kappa shape index (κ2) is 7.36. The second-order valence-electron chi connectivity index (χ2n) is 6.74. The molecule has 0 saturated heterocycles. The van der Waals surface area contributed by atoms with Crippen LogP contribution in [-0.2, 0) is 11.3 Å². The standard InChI is InChI=1S/C21H17N5O4/c27-19(24-14-6-7-17-18(10-14)30-13-29-17)8-9-25-12-22-20-16(21(25)28)11-23-26(20)15-4-2-1-3-5-15/h1-7,10-12H,8-9,13H2,(H,24,27). The molecule has 0 saturated carbocycles. The van der Waals surface area contributed by atoms with Crippen LogP contribution in [0.2, 0.25) is 0 Å². The van der Waals surface area contributed by atoms with E-state index in [1.807, 2.05) is 30.3 Å². The molecule has 0 aliphatic carbocycles. The summed E-state index contributed by atoms with van der Waals surface area (Å²) in [5.74, 6) is 1.02. The molecule has 30 heavy (non-hydrogen) atoms. The van der Waals surface area contributed by atoms with E-state index >= 15 is 0 Å². The quantitative estimate of drug-likeness (QED) is 0.549. The number of aromatic nitrogens is 4. The number of carbonyl (C=O) groups is 1. The molecule has 0 unspecified atom stereocenters. The number of hydrogen-bond donors (Lipinski definition) is 1. The Bertz CT molecular complexity index is 1300. The first-order valence-electron chi connectivity index (χ1n) is 9.37. The van der Waals surface area contributed by atoms with E-state index in [9.17, 15) is 9.59 Å². The van der Waals surface area contributed by atoms with Crippen LogP contribution in [0.15, 0.2) is 65.8 Å². The van der Waals surface area contributed by atoms with Crippen molar-refractivity contribution < 1.29 is 14.3 Å². The summed E-state index contributed by atoms with van der Waals surface area (Å²) < 4.78 is 13.6. The molecule has 0 bridgehead atoms. The first-order chi connectivity index (χ1) is 14.7. The molecular formula is C21H17N5O4. The smallest absolute Gasteiger partial charge is 0.264 e. The fraction of sp³-hybridized carbons (Fsp3) is 0.143. The van der Waals surface area contributed by atoms with Crippen LogP contribution in [0.1, 0.15) is 6.42 Å². The number of para-hydroxylation sites is 1. The molecule has 2 aromatic heterocycles. The summed E-state index contributed by atoms with van der Waals surface area (Å²) in [6, 6.07) is 14.7. The van der Waals surface area contributed by atoms with E-state index in [4.69, 9.17) is 9.47 Å². The Morgan fingerprint density at radius 1 is 1.10 bits per heavy atom. The van der Waals surface area contributed by atoms with E-state index < -0.39 is 0 Å². The van der Waals surface area contributed by atoms with Crippen molar-refractivity contribution in [2.75, 3.05) is 12.1 Å². The Balaban J connectivity index is 1.30. The van der Waals surface area contributed by atoms with Crippen molar-refractivity contribution in [3.8, 4) is 17.2 Å². The maximum Gasteiger partial charge on any atom is 0.264 e. The van der Waals surface area contributed by atoms with Crippen LogP contribution >= 0.6 is 0 Å². The van der Waals surface area contributed by atoms with Crippen LogP contribution in [0.25, 0.3) is 16.7 Å². The maximum absolute atomic E-state index is 12.8. The minimum absolute atomic E-state index is 0.119. The summed E-state index contributed by atoms with van der Waals surface area (Å²) in [7, 11) is 0. The minimum Gasteiger partial charge on any atom is -0.454 e. The summed E-state index contributed by atoms with van der Waals surface area (Å²) in [6.45, 7) is 0.376. The van der Waals surface area contributed by atoms with Crippen LogP contribution in [0, 0.1) is 0 Å². The minimum atomic E-state index is -0.238. The third-order valence-corrected chi connectivity index (χ3v) is 4.79. The molecule has 0 radical (unpaired) electrons. The van der Waals surface area contributed by atoms with Gasteiger partial charge in [-0.2, -0.15) is 5.10 Å². The number of carbonyl (C=O) groups excluding carboxylic acids is 1. The highest BCUT2D eigenvalue weighted by Crippen LogP contribution is 2.34. The summed E-state index contributed by atoms with van der Waals surface area (Å²) >= 11 is 0. The molecular weight excluding hydrogens is 386 g/mol. The highest BCUT2D eigenvalue weighted by molar-refractivity contribution is 5.91. The highest BCUT2D eigenvalue weighted by atomic mass is 16.7. The van der Waals surface area contributed by atoms with Crippen molar-refractivity contribution in [1.82, 2.24) is 19.3 Å². The van der Waals surface area contributed by atoms with E-state index in [0.717, 1.165) is 5.69 Å². The second-order valence-corrected chi connectivity index (χ2v) is 6.74. The lowest BCUT2D eigenvalue weighted by Crippen LogP contribution is -2.23. The topological polar surface area (TPSA) is 100 Å². The van der Waals surface area contributed by atoms with Gasteiger partial charge < -0.3 is 14.8 Å². The van der Waals surface area contributed by atoms with Crippen LogP contribution in [0.4, 0.5) is 5.69 Å². The number of ether oxygens (including phenoxy) is 2. The molecule has 1 amide bonds. The zero-order valence-corrected chi connectivity index (χ0v) is 15.8. The molecule has 9 nitrogen and oxygen atoms in total. The maximum atomic E-state index is 12.8. The van der Waals surface area contributed by atoms with Gasteiger partial charge in [-0.25, -0.2) is 9.67 Å². The lowest BCUT2D eigenvalue weighted by atomic mass is 10.2. The SMILES string of the molecule is O=C(CCn1cnc2c(cnn2-c2ccccc2)c1=O)Nc1ccc2c(c1)OCO2. The summed E-state index contributed by atoms with van der Waals surface area (Å²) in [5.41, 5.74) is 1.67. The van der Waals surface area contributed by atoms with Gasteiger partial charge in [0.25, 0.3) is 5.56 Å². The average molecular weight is 403 g/mol. The van der Waals surface area contributed by atoms with E-state index in [-0.39, 0.29) is 31.2 Å². The molecule has 5 rings (SSSR count). The molecule has 0 atom stereocenters. The lowest BCUT2D eigenvalue weighted by molar-refractivity contribution is -0.116. The zero-order chi connectivity index (χ0) is 20.5. The molecule has 0 spiro atoms. The van der Waals surface area contributed by atoms with E-state index in [1.54, 1.807) is 22.9 Å². The monoisotopic (exact) mass is 403 g/mol. The Morgan fingerprint density at radius 3 is 2.80 bits per heavy atom. The Kier molecular flexibility index (Phi) is 4.40. The van der Waals surface area contributed by atoms with Gasteiger partial charge in [-0.15, -0.1) is 0 Å². The fourth-order valence-corrected chi connectivity index (χ4v) is 3.29. The number of anilines is 1. The number of nitrogens with one attached hydrogen (secondary N) is 1. The summed E-state index contributed by atoms with van der Waals surface area (Å²) in [4.78, 5) is 29.5. The average Bonchev–Trinajstić information content (AvgIpc) is 3.41. The van der Waals surface area contributed by atoms with Crippen molar-refractivity contribution in [1.29, 1.82) is 0 Å². The van der Waals surface area contributed by atoms with Crippen LogP contribution < -0.4 is 20.3 Å². The number of hydrogen-bond acceptors (Lipinski definition) is 6. The Morgan fingerprint density at radius 2 is 1.93 bits per heavy atom. The molecule has 150 valence electrons. The Labute approximate surface area is 170 Å². The molecule has 9 heteroatoms. The van der Waals surface area contributed by atoms with Gasteiger partial charge in [-0.05, 0) is 24.3 Å². The van der Waals surface area contributed by atoms with E-state index in [1.165, 1.54) is 17.1 Å². The van der Waals surface area contributed by atoms with Gasteiger partial charge in [0.15, 0.2) is 17.1 Å². The largest absolute Gasteiger partial charge is 0.454 e. The normalized spacial score (nSPS) is 12.3. The predicted molar refractivity (Wildman–Crippen MR) is 109 cm³/mol. The van der Waals surface area contributed by atoms with Gasteiger partial charge in [-0.1, -0.05) is 18.2 Å². The van der Waals surface area contributed by atoms with Gasteiger partial charge in [0.1, 0.15) is 5.39 Å². The molecule has 1 N–H and O–H groups in total. The number of rotatable bonds is 5. The molecule has 1 aliphatic heterocycles. The number of aryl methyl sites for hydroxylation is 1. The molecule has 0 fully saturated rings. The van der Waals surface area contributed by atoms with Crippen molar-refractivity contribution in [2.24, 2.45) is 0 Å². The number of amides is 1. The van der Waals surface area contributed by atoms with Crippen molar-refractivity contribution in [3.63, 3.8) is 0 Å². The molecule has 1 aliphatic rings. The summed E-state index contributed by atoms with van der Waals surface area (Å²) in [5, 5.41) is 7.48. The number of fused-ring (bicyclic) bond motifs is 2. The first-order valence-corrected chi connectivity index (χ1v) is 9.37. The third kappa shape index (κ3) is 3.26. The van der Waals surface area contributed by atoms with Crippen LogP contribution in [0.3, 0.4) is 0 Å². The van der Waals surface area contributed by atoms with Gasteiger partial charge in [-0.3, -0.25) is 14.2 Å². The predicted octanol–water partition coefficient (Wildman–Crippen LogP) is 2.34. The van der Waals surface area contributed by atoms with Crippen molar-refractivity contribution in [2.45, 2.75) is 13.0 Å². The van der Waals surface area contributed by atoms with Crippen LogP contribution in [0.5, 0.6) is 11.5 Å². The van der Waals surface area contributed by atoms with E-state index in [2.05, 4.69) is 15.4 Å². The molecule has 4 aromatic rings. The number of nitrogens with zero attached hydrogens (tertiary/aromatic N) is 4. The van der Waals surface area contributed by atoms with Gasteiger partial charge in [0.2, 0.25) is 12.7 Å². The summed E-state index contributed by atoms with van der Waals surface area (Å²) in [6.07, 6.45) is 3.06. The van der Waals surface area contributed by atoms with Gasteiger partial charge >= 0.3 is 0 Å². The van der Waals surface area contributed by atoms with Gasteiger partial charge in [0, 0.05) is 24.7 Å². The molecule has 2 aromatic carbocycles. The zero-order valence-electron chi connectivity index (χ0n) is 15.8. The number of benzene rings is 2. The fourth-order valence-electron chi connectivity index (χ4n) is 3.29. The first kappa shape index (κ1) is 17.9. The Hall–Kier alpha value is -4.14. The van der Waals surface area contributed by atoms with Crippen molar-refractivity contribution in [3.05, 3.63) is 71.4 Å². The highest BCUT2D eigenvalue weighted by Gasteiger charge is 2.15. The lowest BCUT2D eigenvalue weighted by Gasteiger charge is -2.08. The van der Waals surface area contributed by atoms with Gasteiger partial charge in [0.05, 0.1) is 18.2 Å². The third-order valence-electron chi connectivity index (χ3n) is 4.79. The van der Waals surface area contributed by atoms with Crippen LogP contribution in [-0.4, -0.2) is 32.0 Å².